The molecule has 0 saturated heterocycles. The molecule has 30 heavy (non-hydrogen) atoms. The lowest BCUT2D eigenvalue weighted by Gasteiger charge is -2.12. The third-order valence-corrected chi connectivity index (χ3v) is 6.51. The molecule has 1 N–H and O–H groups in total. The predicted molar refractivity (Wildman–Crippen MR) is 126 cm³/mol. The second-order valence-electron chi connectivity index (χ2n) is 7.12. The minimum absolute atomic E-state index is 0.0325. The first-order valence-electron chi connectivity index (χ1n) is 9.69. The van der Waals surface area contributed by atoms with Crippen molar-refractivity contribution in [2.45, 2.75) is 20.3 Å². The van der Waals surface area contributed by atoms with Crippen LogP contribution < -0.4 is 9.47 Å². The van der Waals surface area contributed by atoms with Crippen LogP contribution in [0, 0.1) is 5.92 Å². The lowest BCUT2D eigenvalue weighted by atomic mass is 10.1. The number of thiazole rings is 1. The number of benzene rings is 2. The van der Waals surface area contributed by atoms with Crippen molar-refractivity contribution in [3.05, 3.63) is 53.0 Å². The quantitative estimate of drug-likeness (QED) is 0.412. The summed E-state index contributed by atoms with van der Waals surface area (Å²) in [7, 11) is 1.62. The van der Waals surface area contributed by atoms with Crippen LogP contribution in [0.5, 0.6) is 11.5 Å². The summed E-state index contributed by atoms with van der Waals surface area (Å²) in [6, 6.07) is 13.6. The fourth-order valence-electron chi connectivity index (χ4n) is 2.73. The number of aromatic nitrogens is 1. The van der Waals surface area contributed by atoms with Gasteiger partial charge < -0.3 is 14.6 Å². The van der Waals surface area contributed by atoms with Gasteiger partial charge in [-0.15, -0.1) is 23.1 Å². The molecular weight excluding hydrogens is 418 g/mol. The van der Waals surface area contributed by atoms with Crippen LogP contribution in [-0.4, -0.2) is 35.5 Å². The van der Waals surface area contributed by atoms with Crippen LogP contribution in [0.25, 0.3) is 21.2 Å². The largest absolute Gasteiger partial charge is 0.493 e. The van der Waals surface area contributed by atoms with Crippen molar-refractivity contribution in [3.8, 4) is 11.5 Å². The van der Waals surface area contributed by atoms with Gasteiger partial charge in [-0.2, -0.15) is 0 Å². The molecule has 0 aliphatic rings. The number of carboxylic acid groups (broad SMARTS) is 1. The zero-order valence-corrected chi connectivity index (χ0v) is 18.9. The molecule has 3 rings (SSSR count). The van der Waals surface area contributed by atoms with Crippen molar-refractivity contribution in [2.75, 3.05) is 19.5 Å². The number of carbonyl (C=O) groups is 1. The van der Waals surface area contributed by atoms with Crippen LogP contribution in [0.4, 0.5) is 0 Å². The molecule has 0 radical (unpaired) electrons. The van der Waals surface area contributed by atoms with Crippen molar-refractivity contribution in [2.24, 2.45) is 5.92 Å². The second kappa shape index (κ2) is 10.5. The summed E-state index contributed by atoms with van der Waals surface area (Å²) in [5, 5.41) is 9.96. The standard InChI is InChI=1S/C23H25NO4S2/c1-15(2)10-11-28-18-9-8-16(12-19(18)27-3)13-21(29-14-22(25)26)23-24-17-6-4-5-7-20(17)30-23/h4-9,12-13,15H,10-11,14H2,1-3H3,(H,25,26)/b21-13-. The Kier molecular flexibility index (Phi) is 7.76. The molecule has 0 atom stereocenters. The van der Waals surface area contributed by atoms with E-state index in [-0.39, 0.29) is 5.75 Å². The van der Waals surface area contributed by atoms with Gasteiger partial charge in [0.15, 0.2) is 11.5 Å². The molecule has 2 aromatic carbocycles. The highest BCUT2D eigenvalue weighted by atomic mass is 32.2. The van der Waals surface area contributed by atoms with E-state index in [1.807, 2.05) is 48.5 Å². The summed E-state index contributed by atoms with van der Waals surface area (Å²) >= 11 is 2.82. The summed E-state index contributed by atoms with van der Waals surface area (Å²) in [6.07, 6.45) is 2.92. The maximum atomic E-state index is 11.2. The van der Waals surface area contributed by atoms with E-state index in [0.29, 0.717) is 24.0 Å². The highest BCUT2D eigenvalue weighted by Crippen LogP contribution is 2.36. The Bertz CT molecular complexity index is 1010. The zero-order valence-electron chi connectivity index (χ0n) is 17.3. The number of nitrogens with zero attached hydrogens (tertiary/aromatic N) is 1. The number of hydrogen-bond donors (Lipinski definition) is 1. The van der Waals surface area contributed by atoms with Crippen LogP contribution in [0.2, 0.25) is 0 Å². The molecule has 158 valence electrons. The number of fused-ring (bicyclic) bond motifs is 1. The first-order valence-corrected chi connectivity index (χ1v) is 11.5. The third-order valence-electron chi connectivity index (χ3n) is 4.29. The van der Waals surface area contributed by atoms with E-state index in [1.165, 1.54) is 11.8 Å². The fraction of sp³-hybridized carbons (Fsp3) is 0.304. The maximum Gasteiger partial charge on any atom is 0.313 e. The van der Waals surface area contributed by atoms with Gasteiger partial charge in [0.2, 0.25) is 0 Å². The van der Waals surface area contributed by atoms with Crippen molar-refractivity contribution >= 4 is 50.3 Å². The monoisotopic (exact) mass is 443 g/mol. The van der Waals surface area contributed by atoms with Gasteiger partial charge in [-0.25, -0.2) is 4.98 Å². The summed E-state index contributed by atoms with van der Waals surface area (Å²) in [5.41, 5.74) is 1.81. The molecule has 0 aliphatic heterocycles. The number of thioether (sulfide) groups is 1. The van der Waals surface area contributed by atoms with E-state index < -0.39 is 5.97 Å². The van der Waals surface area contributed by atoms with E-state index in [1.54, 1.807) is 18.4 Å². The average molecular weight is 444 g/mol. The van der Waals surface area contributed by atoms with E-state index >= 15 is 0 Å². The van der Waals surface area contributed by atoms with Gasteiger partial charge in [0.25, 0.3) is 0 Å². The lowest BCUT2D eigenvalue weighted by Crippen LogP contribution is -2.02. The summed E-state index contributed by atoms with van der Waals surface area (Å²) in [5.74, 6) is 1.03. The summed E-state index contributed by atoms with van der Waals surface area (Å²) in [6.45, 7) is 4.95. The molecule has 0 spiro atoms. The Morgan fingerprint density at radius 3 is 2.73 bits per heavy atom. The van der Waals surface area contributed by atoms with Gasteiger partial charge in [-0.05, 0) is 48.2 Å². The van der Waals surface area contributed by atoms with Gasteiger partial charge in [0.1, 0.15) is 5.01 Å². The van der Waals surface area contributed by atoms with Crippen LogP contribution >= 0.6 is 23.1 Å². The lowest BCUT2D eigenvalue weighted by molar-refractivity contribution is -0.133. The van der Waals surface area contributed by atoms with E-state index in [9.17, 15) is 4.79 Å². The van der Waals surface area contributed by atoms with Crippen molar-refractivity contribution in [1.29, 1.82) is 0 Å². The number of methoxy groups -OCH3 is 1. The van der Waals surface area contributed by atoms with Gasteiger partial charge >= 0.3 is 5.97 Å². The molecule has 3 aromatic rings. The zero-order chi connectivity index (χ0) is 21.5. The van der Waals surface area contributed by atoms with Gasteiger partial charge in [-0.3, -0.25) is 4.79 Å². The SMILES string of the molecule is COc1cc(/C=C(\SCC(=O)O)c2nc3ccccc3s2)ccc1OCCC(C)C. The molecule has 0 aliphatic carbocycles. The van der Waals surface area contributed by atoms with Gasteiger partial charge in [0.05, 0.1) is 29.7 Å². The Labute approximate surface area is 184 Å². The number of ether oxygens (including phenoxy) is 2. The first-order chi connectivity index (χ1) is 14.5. The Hall–Kier alpha value is -2.51. The van der Waals surface area contributed by atoms with Crippen LogP contribution in [-0.2, 0) is 4.79 Å². The minimum Gasteiger partial charge on any atom is -0.493 e. The van der Waals surface area contributed by atoms with Crippen LogP contribution in [0.15, 0.2) is 42.5 Å². The van der Waals surface area contributed by atoms with Crippen molar-refractivity contribution in [1.82, 2.24) is 4.98 Å². The molecular formula is C23H25NO4S2. The molecule has 0 amide bonds. The Morgan fingerprint density at radius 1 is 1.23 bits per heavy atom. The van der Waals surface area contributed by atoms with Gasteiger partial charge in [0, 0.05) is 4.91 Å². The highest BCUT2D eigenvalue weighted by Gasteiger charge is 2.13. The smallest absolute Gasteiger partial charge is 0.313 e. The minimum atomic E-state index is -0.863. The molecule has 7 heteroatoms. The Balaban J connectivity index is 1.90. The maximum absolute atomic E-state index is 11.2. The van der Waals surface area contributed by atoms with E-state index in [0.717, 1.165) is 32.1 Å². The van der Waals surface area contributed by atoms with Gasteiger partial charge in [-0.1, -0.05) is 32.0 Å². The number of rotatable bonds is 10. The van der Waals surface area contributed by atoms with Crippen LogP contribution in [0.3, 0.4) is 0 Å². The molecule has 0 fully saturated rings. The highest BCUT2D eigenvalue weighted by molar-refractivity contribution is 8.09. The topological polar surface area (TPSA) is 68.7 Å². The predicted octanol–water partition coefficient (Wildman–Crippen LogP) is 6.05. The van der Waals surface area contributed by atoms with Crippen molar-refractivity contribution in [3.63, 3.8) is 0 Å². The molecule has 0 unspecified atom stereocenters. The molecule has 0 saturated carbocycles. The van der Waals surface area contributed by atoms with Crippen molar-refractivity contribution < 1.29 is 19.4 Å². The number of para-hydroxylation sites is 1. The second-order valence-corrected chi connectivity index (χ2v) is 9.17. The molecule has 0 bridgehead atoms. The first kappa shape index (κ1) is 22.2. The number of aliphatic carboxylic acids is 1. The number of hydrogen-bond acceptors (Lipinski definition) is 6. The summed E-state index contributed by atoms with van der Waals surface area (Å²) < 4.78 is 12.4. The number of carboxylic acids is 1. The summed E-state index contributed by atoms with van der Waals surface area (Å²) in [4.78, 5) is 16.7. The third kappa shape index (κ3) is 6.00. The normalized spacial score (nSPS) is 11.8. The fourth-order valence-corrected chi connectivity index (χ4v) is 4.58. The average Bonchev–Trinajstić information content (AvgIpc) is 3.15. The van der Waals surface area contributed by atoms with E-state index in [2.05, 4.69) is 18.8 Å². The molecule has 1 heterocycles. The van der Waals surface area contributed by atoms with E-state index in [4.69, 9.17) is 14.6 Å². The van der Waals surface area contributed by atoms with Crippen LogP contribution in [0.1, 0.15) is 30.8 Å². The molecule has 1 aromatic heterocycles. The Morgan fingerprint density at radius 2 is 2.03 bits per heavy atom. The molecule has 5 nitrogen and oxygen atoms in total.